The summed E-state index contributed by atoms with van der Waals surface area (Å²) in [4.78, 5) is 31.9. The number of carbonyl (C=O) groups excluding carboxylic acids is 2. The third-order valence-corrected chi connectivity index (χ3v) is 6.95. The Morgan fingerprint density at radius 3 is 2.54 bits per heavy atom. The summed E-state index contributed by atoms with van der Waals surface area (Å²) >= 11 is 0. The summed E-state index contributed by atoms with van der Waals surface area (Å²) in [6.45, 7) is 1.64. The van der Waals surface area contributed by atoms with Crippen molar-refractivity contribution < 1.29 is 14.3 Å². The first kappa shape index (κ1) is 23.2. The Morgan fingerprint density at radius 1 is 0.943 bits per heavy atom. The highest BCUT2D eigenvalue weighted by molar-refractivity contribution is 5.94. The molecule has 0 unspecified atom stereocenters. The van der Waals surface area contributed by atoms with Crippen LogP contribution in [0.15, 0.2) is 54.9 Å². The van der Waals surface area contributed by atoms with E-state index >= 15 is 0 Å². The second-order valence-corrected chi connectivity index (χ2v) is 9.53. The summed E-state index contributed by atoms with van der Waals surface area (Å²) in [6.07, 6.45) is 11.2. The van der Waals surface area contributed by atoms with Crippen LogP contribution in [-0.2, 0) is 6.61 Å². The maximum atomic E-state index is 12.9. The van der Waals surface area contributed by atoms with Gasteiger partial charge in [-0.3, -0.25) is 4.79 Å². The van der Waals surface area contributed by atoms with Crippen LogP contribution in [0.3, 0.4) is 0 Å². The van der Waals surface area contributed by atoms with E-state index in [0.29, 0.717) is 37.1 Å². The molecule has 184 valence electrons. The number of hydrogen-bond donors (Lipinski definition) is 2. The number of benzene rings is 1. The second kappa shape index (κ2) is 10.8. The topological polar surface area (TPSA) is 88.0 Å². The largest absolute Gasteiger partial charge is 0.487 e. The molecule has 1 aromatic carbocycles. The first-order valence-corrected chi connectivity index (χ1v) is 12.7. The van der Waals surface area contributed by atoms with Crippen molar-refractivity contribution in [3.05, 3.63) is 66.1 Å². The Labute approximate surface area is 205 Å². The fraction of sp³-hybridized carbons (Fsp3) is 0.444. The van der Waals surface area contributed by atoms with Gasteiger partial charge in [0.15, 0.2) is 0 Å². The van der Waals surface area contributed by atoms with Crippen molar-refractivity contribution in [2.45, 2.75) is 63.6 Å². The third kappa shape index (κ3) is 5.93. The number of pyridine rings is 1. The molecule has 2 aromatic heterocycles. The quantitative estimate of drug-likeness (QED) is 0.561. The number of amides is 3. The Kier molecular flexibility index (Phi) is 7.16. The monoisotopic (exact) mass is 475 g/mol. The van der Waals surface area contributed by atoms with Crippen LogP contribution in [0.1, 0.15) is 61.0 Å². The molecule has 2 fully saturated rings. The number of aromatic nitrogens is 2. The number of fused-ring (bicyclic) bond motifs is 1. The molecule has 8 heteroatoms. The molecule has 0 radical (unpaired) electrons. The average molecular weight is 476 g/mol. The molecule has 0 bridgehead atoms. The van der Waals surface area contributed by atoms with Crippen molar-refractivity contribution in [3.63, 3.8) is 0 Å². The maximum Gasteiger partial charge on any atom is 0.317 e. The number of rotatable bonds is 6. The van der Waals surface area contributed by atoms with E-state index in [4.69, 9.17) is 4.74 Å². The molecule has 3 aromatic rings. The molecule has 0 atom stereocenters. The minimum absolute atomic E-state index is 0.0390. The van der Waals surface area contributed by atoms with Crippen molar-refractivity contribution in [2.24, 2.45) is 0 Å². The fourth-order valence-electron chi connectivity index (χ4n) is 4.95. The molecule has 3 heterocycles. The molecule has 2 N–H and O–H groups in total. The van der Waals surface area contributed by atoms with E-state index in [-0.39, 0.29) is 18.0 Å². The predicted molar refractivity (Wildman–Crippen MR) is 133 cm³/mol. The lowest BCUT2D eigenvalue weighted by Gasteiger charge is -2.34. The number of hydrogen-bond acceptors (Lipinski definition) is 4. The van der Waals surface area contributed by atoms with Gasteiger partial charge in [0.25, 0.3) is 5.91 Å². The van der Waals surface area contributed by atoms with Crippen LogP contribution in [0.25, 0.3) is 5.65 Å². The van der Waals surface area contributed by atoms with Crippen LogP contribution in [0.5, 0.6) is 5.75 Å². The van der Waals surface area contributed by atoms with Gasteiger partial charge in [-0.25, -0.2) is 9.78 Å². The fourth-order valence-corrected chi connectivity index (χ4v) is 4.95. The summed E-state index contributed by atoms with van der Waals surface area (Å²) in [7, 11) is 0. The molecule has 1 saturated heterocycles. The van der Waals surface area contributed by atoms with Gasteiger partial charge in [-0.1, -0.05) is 31.4 Å². The number of imidazole rings is 1. The maximum absolute atomic E-state index is 12.9. The minimum atomic E-state index is -0.117. The highest BCUT2D eigenvalue weighted by atomic mass is 16.5. The Bertz CT molecular complexity index is 1130. The van der Waals surface area contributed by atoms with Crippen LogP contribution in [0.4, 0.5) is 4.79 Å². The third-order valence-electron chi connectivity index (χ3n) is 6.95. The van der Waals surface area contributed by atoms with Gasteiger partial charge in [0.1, 0.15) is 18.0 Å². The van der Waals surface area contributed by atoms with Gasteiger partial charge in [0.05, 0.1) is 5.69 Å². The highest BCUT2D eigenvalue weighted by Gasteiger charge is 2.26. The van der Waals surface area contributed by atoms with Gasteiger partial charge in [-0.2, -0.15) is 0 Å². The lowest BCUT2D eigenvalue weighted by atomic mass is 9.95. The standard InChI is InChI=1S/C27H33N5O3/c33-26(29-22-12-15-31(16-13-22)27(34)30-21-8-2-1-3-9-21)20-7-6-10-24(17-20)35-19-23-18-32-14-5-4-11-25(32)28-23/h4-7,10-11,14,17-18,21-22H,1-3,8-9,12-13,15-16,19H2,(H,29,33)(H,30,34). The van der Waals surface area contributed by atoms with E-state index in [1.807, 2.05) is 52.0 Å². The zero-order valence-corrected chi connectivity index (χ0v) is 20.0. The van der Waals surface area contributed by atoms with Gasteiger partial charge < -0.3 is 24.7 Å². The number of likely N-dealkylation sites (tertiary alicyclic amines) is 1. The zero-order valence-electron chi connectivity index (χ0n) is 20.0. The van der Waals surface area contributed by atoms with E-state index in [0.717, 1.165) is 37.0 Å². The van der Waals surface area contributed by atoms with Crippen molar-refractivity contribution in [1.82, 2.24) is 24.9 Å². The summed E-state index contributed by atoms with van der Waals surface area (Å²) in [5, 5.41) is 6.31. The Hall–Kier alpha value is -3.55. The van der Waals surface area contributed by atoms with Crippen LogP contribution in [0, 0.1) is 0 Å². The number of ether oxygens (including phenoxy) is 1. The van der Waals surface area contributed by atoms with Crippen molar-refractivity contribution >= 4 is 17.6 Å². The zero-order chi connectivity index (χ0) is 24.0. The normalized spacial score (nSPS) is 17.3. The molecular formula is C27H33N5O3. The first-order valence-electron chi connectivity index (χ1n) is 12.7. The molecule has 0 spiro atoms. The average Bonchev–Trinajstić information content (AvgIpc) is 3.32. The first-order chi connectivity index (χ1) is 17.1. The van der Waals surface area contributed by atoms with Crippen molar-refractivity contribution in [2.75, 3.05) is 13.1 Å². The highest BCUT2D eigenvalue weighted by Crippen LogP contribution is 2.19. The van der Waals surface area contributed by atoms with Crippen LogP contribution in [0.2, 0.25) is 0 Å². The van der Waals surface area contributed by atoms with Crippen molar-refractivity contribution in [1.29, 1.82) is 0 Å². The summed E-state index contributed by atoms with van der Waals surface area (Å²) in [5.41, 5.74) is 2.26. The lowest BCUT2D eigenvalue weighted by Crippen LogP contribution is -2.51. The van der Waals surface area contributed by atoms with E-state index in [1.165, 1.54) is 19.3 Å². The summed E-state index contributed by atoms with van der Waals surface area (Å²) in [6, 6.07) is 13.5. The Morgan fingerprint density at radius 2 is 1.74 bits per heavy atom. The molecule has 5 rings (SSSR count). The molecule has 1 saturated carbocycles. The lowest BCUT2D eigenvalue weighted by molar-refractivity contribution is 0.0917. The molecule has 2 aliphatic rings. The van der Waals surface area contributed by atoms with E-state index in [9.17, 15) is 9.59 Å². The molecule has 1 aliphatic carbocycles. The van der Waals surface area contributed by atoms with E-state index < -0.39 is 0 Å². The molecule has 1 aliphatic heterocycles. The predicted octanol–water partition coefficient (Wildman–Crippen LogP) is 4.15. The van der Waals surface area contributed by atoms with Gasteiger partial charge in [0.2, 0.25) is 0 Å². The number of piperidine rings is 1. The van der Waals surface area contributed by atoms with Gasteiger partial charge in [-0.15, -0.1) is 0 Å². The molecule has 8 nitrogen and oxygen atoms in total. The second-order valence-electron chi connectivity index (χ2n) is 9.53. The van der Waals surface area contributed by atoms with E-state index in [1.54, 1.807) is 12.1 Å². The summed E-state index contributed by atoms with van der Waals surface area (Å²) in [5.74, 6) is 0.511. The van der Waals surface area contributed by atoms with Crippen molar-refractivity contribution in [3.8, 4) is 5.75 Å². The number of nitrogens with zero attached hydrogens (tertiary/aromatic N) is 3. The summed E-state index contributed by atoms with van der Waals surface area (Å²) < 4.78 is 7.85. The van der Waals surface area contributed by atoms with Gasteiger partial charge in [0, 0.05) is 43.1 Å². The van der Waals surface area contributed by atoms with Crippen LogP contribution in [-0.4, -0.2) is 51.4 Å². The molecule has 35 heavy (non-hydrogen) atoms. The SMILES string of the molecule is O=C(NC1CCN(C(=O)NC2CCCCC2)CC1)c1cccc(OCc2cn3ccccc3n2)c1. The van der Waals surface area contributed by atoms with Gasteiger partial charge in [-0.05, 0) is 56.0 Å². The number of urea groups is 1. The smallest absolute Gasteiger partial charge is 0.317 e. The van der Waals surface area contributed by atoms with Gasteiger partial charge >= 0.3 is 6.03 Å². The number of carbonyl (C=O) groups is 2. The van der Waals surface area contributed by atoms with Crippen LogP contribution >= 0.6 is 0 Å². The number of nitrogens with one attached hydrogen (secondary N) is 2. The minimum Gasteiger partial charge on any atom is -0.487 e. The molecule has 3 amide bonds. The molecular weight excluding hydrogens is 442 g/mol. The van der Waals surface area contributed by atoms with Crippen LogP contribution < -0.4 is 15.4 Å². The van der Waals surface area contributed by atoms with E-state index in [2.05, 4.69) is 15.6 Å². The Balaban J connectivity index is 1.09.